The number of halogens is 2. The van der Waals surface area contributed by atoms with Crippen molar-refractivity contribution in [3.63, 3.8) is 0 Å². The van der Waals surface area contributed by atoms with Crippen molar-refractivity contribution >= 4 is 23.0 Å². The summed E-state index contributed by atoms with van der Waals surface area (Å²) in [6.45, 7) is 3.92. The molecule has 78 valence electrons. The summed E-state index contributed by atoms with van der Waals surface area (Å²) in [6.07, 6.45) is 0. The first-order chi connectivity index (χ1) is 6.45. The monoisotopic (exact) mass is 216 g/mol. The van der Waals surface area contributed by atoms with E-state index in [0.717, 1.165) is 0 Å². The van der Waals surface area contributed by atoms with Gasteiger partial charge in [-0.2, -0.15) is 0 Å². The van der Waals surface area contributed by atoms with Crippen LogP contribution in [0.15, 0.2) is 12.1 Å². The molecule has 0 heterocycles. The van der Waals surface area contributed by atoms with Gasteiger partial charge in [-0.3, -0.25) is 0 Å². The second-order valence-corrected chi connectivity index (χ2v) is 3.91. The molecule has 0 amide bonds. The molecule has 0 saturated carbocycles. The van der Waals surface area contributed by atoms with E-state index in [2.05, 4.69) is 0 Å². The lowest BCUT2D eigenvalue weighted by molar-refractivity contribution is 0.615. The Morgan fingerprint density at radius 3 is 2.50 bits per heavy atom. The molecule has 0 unspecified atom stereocenters. The molecule has 2 nitrogen and oxygen atoms in total. The van der Waals surface area contributed by atoms with E-state index in [9.17, 15) is 4.39 Å². The van der Waals surface area contributed by atoms with E-state index in [1.807, 2.05) is 13.8 Å². The van der Waals surface area contributed by atoms with E-state index in [1.165, 1.54) is 6.07 Å². The van der Waals surface area contributed by atoms with Crippen molar-refractivity contribution in [1.82, 2.24) is 0 Å². The summed E-state index contributed by atoms with van der Waals surface area (Å²) in [7, 11) is 1.79. The molecule has 1 rings (SSSR count). The fraction of sp³-hybridized carbons (Fsp3) is 0.400. The van der Waals surface area contributed by atoms with Crippen LogP contribution in [0.3, 0.4) is 0 Å². The molecule has 14 heavy (non-hydrogen) atoms. The van der Waals surface area contributed by atoms with Crippen LogP contribution in [0.25, 0.3) is 0 Å². The number of nitrogen functional groups attached to an aromatic ring is 1. The first-order valence-electron chi connectivity index (χ1n) is 4.41. The Kier molecular flexibility index (Phi) is 3.21. The van der Waals surface area contributed by atoms with Gasteiger partial charge in [0.25, 0.3) is 0 Å². The summed E-state index contributed by atoms with van der Waals surface area (Å²) in [6, 6.07) is 3.24. The highest BCUT2D eigenvalue weighted by Gasteiger charge is 2.16. The fourth-order valence-corrected chi connectivity index (χ4v) is 1.32. The van der Waals surface area contributed by atoms with Crippen molar-refractivity contribution in [1.29, 1.82) is 0 Å². The third-order valence-electron chi connectivity index (χ3n) is 2.23. The number of hydrogen-bond acceptors (Lipinski definition) is 2. The summed E-state index contributed by atoms with van der Waals surface area (Å²) >= 11 is 5.68. The molecule has 0 spiro atoms. The van der Waals surface area contributed by atoms with Crippen LogP contribution >= 0.6 is 11.6 Å². The van der Waals surface area contributed by atoms with Gasteiger partial charge in [0.05, 0.1) is 16.4 Å². The Bertz CT molecular complexity index is 339. The largest absolute Gasteiger partial charge is 0.397 e. The van der Waals surface area contributed by atoms with Crippen LogP contribution in [0.2, 0.25) is 5.02 Å². The third-order valence-corrected chi connectivity index (χ3v) is 2.52. The first kappa shape index (κ1) is 11.1. The van der Waals surface area contributed by atoms with Gasteiger partial charge < -0.3 is 10.6 Å². The maximum atomic E-state index is 13.6. The minimum absolute atomic E-state index is 0.0988. The zero-order valence-electron chi connectivity index (χ0n) is 8.51. The quantitative estimate of drug-likeness (QED) is 0.771. The molecule has 1 aromatic carbocycles. The van der Waals surface area contributed by atoms with Crippen molar-refractivity contribution in [3.8, 4) is 0 Å². The standard InChI is InChI=1S/C10H14ClFN2/c1-6(2)14(3)10-8(13)5-4-7(11)9(10)12/h4-6H,13H2,1-3H3. The molecule has 0 atom stereocenters. The van der Waals surface area contributed by atoms with Gasteiger partial charge in [-0.05, 0) is 26.0 Å². The van der Waals surface area contributed by atoms with E-state index in [-0.39, 0.29) is 11.1 Å². The number of anilines is 2. The van der Waals surface area contributed by atoms with Crippen LogP contribution in [-0.4, -0.2) is 13.1 Å². The van der Waals surface area contributed by atoms with Crippen molar-refractivity contribution in [2.45, 2.75) is 19.9 Å². The molecule has 0 aromatic heterocycles. The zero-order valence-corrected chi connectivity index (χ0v) is 9.27. The van der Waals surface area contributed by atoms with Crippen molar-refractivity contribution in [2.75, 3.05) is 17.7 Å². The van der Waals surface area contributed by atoms with Gasteiger partial charge in [0.15, 0.2) is 5.82 Å². The Hall–Kier alpha value is -0.960. The molecule has 0 aliphatic rings. The Morgan fingerprint density at radius 2 is 2.00 bits per heavy atom. The minimum atomic E-state index is -0.456. The zero-order chi connectivity index (χ0) is 10.9. The van der Waals surface area contributed by atoms with Gasteiger partial charge in [0.2, 0.25) is 0 Å². The van der Waals surface area contributed by atoms with E-state index < -0.39 is 5.82 Å². The van der Waals surface area contributed by atoms with E-state index in [1.54, 1.807) is 18.0 Å². The average molecular weight is 217 g/mol. The van der Waals surface area contributed by atoms with Crippen molar-refractivity contribution in [3.05, 3.63) is 23.0 Å². The lowest BCUT2D eigenvalue weighted by atomic mass is 10.2. The number of benzene rings is 1. The molecule has 0 aliphatic carbocycles. The molecule has 0 saturated heterocycles. The highest BCUT2D eigenvalue weighted by molar-refractivity contribution is 6.31. The van der Waals surface area contributed by atoms with E-state index >= 15 is 0 Å². The molecule has 0 aliphatic heterocycles. The summed E-state index contributed by atoms with van der Waals surface area (Å²) < 4.78 is 13.6. The van der Waals surface area contributed by atoms with Crippen LogP contribution in [0.5, 0.6) is 0 Å². The SMILES string of the molecule is CC(C)N(C)c1c(N)ccc(Cl)c1F. The molecule has 1 aromatic rings. The first-order valence-corrected chi connectivity index (χ1v) is 4.79. The second-order valence-electron chi connectivity index (χ2n) is 3.50. The van der Waals surface area contributed by atoms with Gasteiger partial charge in [-0.15, -0.1) is 0 Å². The molecular weight excluding hydrogens is 203 g/mol. The summed E-state index contributed by atoms with van der Waals surface area (Å²) in [5.74, 6) is -0.456. The number of nitrogens with two attached hydrogens (primary N) is 1. The molecule has 4 heteroatoms. The topological polar surface area (TPSA) is 29.3 Å². The summed E-state index contributed by atoms with van der Waals surface area (Å²) in [5, 5.41) is 0.0988. The van der Waals surface area contributed by atoms with Crippen LogP contribution in [0, 0.1) is 5.82 Å². The van der Waals surface area contributed by atoms with E-state index in [0.29, 0.717) is 11.4 Å². The molecule has 2 N–H and O–H groups in total. The number of hydrogen-bond donors (Lipinski definition) is 1. The van der Waals surface area contributed by atoms with Gasteiger partial charge in [-0.1, -0.05) is 11.6 Å². The lowest BCUT2D eigenvalue weighted by Crippen LogP contribution is -2.27. The molecule has 0 bridgehead atoms. The van der Waals surface area contributed by atoms with Crippen molar-refractivity contribution < 1.29 is 4.39 Å². The third kappa shape index (κ3) is 1.93. The minimum Gasteiger partial charge on any atom is -0.397 e. The number of nitrogens with zero attached hydrogens (tertiary/aromatic N) is 1. The van der Waals surface area contributed by atoms with Gasteiger partial charge in [0.1, 0.15) is 0 Å². The van der Waals surface area contributed by atoms with Crippen LogP contribution in [-0.2, 0) is 0 Å². The molecular formula is C10H14ClFN2. The Labute approximate surface area is 88.5 Å². The normalized spacial score (nSPS) is 10.7. The summed E-state index contributed by atoms with van der Waals surface area (Å²) in [5.41, 5.74) is 6.46. The molecule has 0 radical (unpaired) electrons. The Balaban J connectivity index is 3.25. The fourth-order valence-electron chi connectivity index (χ4n) is 1.17. The predicted molar refractivity (Wildman–Crippen MR) is 59.4 cm³/mol. The maximum absolute atomic E-state index is 13.6. The average Bonchev–Trinajstić information content (AvgIpc) is 2.12. The van der Waals surface area contributed by atoms with Gasteiger partial charge >= 0.3 is 0 Å². The van der Waals surface area contributed by atoms with E-state index in [4.69, 9.17) is 17.3 Å². The highest BCUT2D eigenvalue weighted by Crippen LogP contribution is 2.31. The predicted octanol–water partition coefficient (Wildman–Crippen LogP) is 2.91. The molecule has 0 fully saturated rings. The number of rotatable bonds is 2. The van der Waals surface area contributed by atoms with Crippen LogP contribution < -0.4 is 10.6 Å². The van der Waals surface area contributed by atoms with Crippen LogP contribution in [0.4, 0.5) is 15.8 Å². The lowest BCUT2D eigenvalue weighted by Gasteiger charge is -2.25. The maximum Gasteiger partial charge on any atom is 0.167 e. The van der Waals surface area contributed by atoms with Gasteiger partial charge in [0, 0.05) is 13.1 Å². The Morgan fingerprint density at radius 1 is 1.43 bits per heavy atom. The van der Waals surface area contributed by atoms with Crippen LogP contribution in [0.1, 0.15) is 13.8 Å². The smallest absolute Gasteiger partial charge is 0.167 e. The van der Waals surface area contributed by atoms with Crippen molar-refractivity contribution in [2.24, 2.45) is 0 Å². The van der Waals surface area contributed by atoms with Gasteiger partial charge in [-0.25, -0.2) is 4.39 Å². The second kappa shape index (κ2) is 4.05. The highest BCUT2D eigenvalue weighted by atomic mass is 35.5. The summed E-state index contributed by atoms with van der Waals surface area (Å²) in [4.78, 5) is 1.76.